The Balaban J connectivity index is 2.41. The summed E-state index contributed by atoms with van der Waals surface area (Å²) >= 11 is 5.16. The zero-order valence-corrected chi connectivity index (χ0v) is 10.2. The van der Waals surface area contributed by atoms with E-state index in [1.165, 1.54) is 10.6 Å². The van der Waals surface area contributed by atoms with Crippen molar-refractivity contribution in [1.29, 1.82) is 0 Å². The fourth-order valence-corrected chi connectivity index (χ4v) is 2.90. The summed E-state index contributed by atoms with van der Waals surface area (Å²) in [5, 5.41) is 1.84. The van der Waals surface area contributed by atoms with E-state index in [0.29, 0.717) is 0 Å². The average molecular weight is 272 g/mol. The maximum atomic E-state index is 5.31. The molecular formula is C10H10BrNOS. The van der Waals surface area contributed by atoms with Crippen LogP contribution in [0.3, 0.4) is 0 Å². The highest BCUT2D eigenvalue weighted by Gasteiger charge is 2.11. The minimum absolute atomic E-state index is 0.858. The van der Waals surface area contributed by atoms with E-state index in [0.717, 1.165) is 22.5 Å². The summed E-state index contributed by atoms with van der Waals surface area (Å²) in [6.07, 6.45) is 2.65. The first-order valence-corrected chi connectivity index (χ1v) is 6.37. The third-order valence-electron chi connectivity index (χ3n) is 1.97. The molecule has 2 aromatic rings. The van der Waals surface area contributed by atoms with Crippen LogP contribution in [0.25, 0.3) is 10.8 Å². The number of halogens is 1. The first-order chi connectivity index (χ1) is 6.85. The van der Waals surface area contributed by atoms with Crippen LogP contribution >= 0.6 is 27.3 Å². The second kappa shape index (κ2) is 4.28. The lowest BCUT2D eigenvalue weighted by Gasteiger charge is -1.89. The van der Waals surface area contributed by atoms with Crippen molar-refractivity contribution in [3.8, 4) is 10.8 Å². The lowest BCUT2D eigenvalue weighted by atomic mass is 10.3. The van der Waals surface area contributed by atoms with Crippen molar-refractivity contribution in [2.75, 3.05) is 0 Å². The molecule has 0 radical (unpaired) electrons. The van der Waals surface area contributed by atoms with Crippen LogP contribution in [0.4, 0.5) is 0 Å². The number of nitrogens with zero attached hydrogens (tertiary/aromatic N) is 1. The van der Waals surface area contributed by atoms with Crippen LogP contribution in [0.1, 0.15) is 17.5 Å². The van der Waals surface area contributed by atoms with E-state index in [1.54, 1.807) is 17.6 Å². The Kier molecular flexibility index (Phi) is 3.03. The standard InChI is InChI=1S/C10H10BrNOS/c1-2-7-9(6-11)14-10(12-7)8-4-3-5-13-8/h3-5H,2,6H2,1H3. The molecule has 0 saturated heterocycles. The number of furan rings is 1. The van der Waals surface area contributed by atoms with Gasteiger partial charge in [-0.05, 0) is 18.6 Å². The molecule has 0 N–H and O–H groups in total. The van der Waals surface area contributed by atoms with Crippen molar-refractivity contribution in [3.05, 3.63) is 29.0 Å². The van der Waals surface area contributed by atoms with Crippen LogP contribution in [-0.2, 0) is 11.8 Å². The zero-order valence-electron chi connectivity index (χ0n) is 7.79. The Morgan fingerprint density at radius 1 is 1.57 bits per heavy atom. The van der Waals surface area contributed by atoms with Crippen molar-refractivity contribution in [1.82, 2.24) is 4.98 Å². The van der Waals surface area contributed by atoms with Gasteiger partial charge in [0.25, 0.3) is 0 Å². The predicted octanol–water partition coefficient (Wildman–Crippen LogP) is 3.86. The fourth-order valence-electron chi connectivity index (χ4n) is 1.27. The van der Waals surface area contributed by atoms with Gasteiger partial charge in [0.15, 0.2) is 10.8 Å². The Labute approximate surface area is 95.1 Å². The molecule has 0 atom stereocenters. The normalized spacial score (nSPS) is 10.7. The predicted molar refractivity (Wildman–Crippen MR) is 61.8 cm³/mol. The molecule has 2 aromatic heterocycles. The molecule has 0 spiro atoms. The number of aryl methyl sites for hydroxylation is 1. The monoisotopic (exact) mass is 271 g/mol. The highest BCUT2D eigenvalue weighted by molar-refractivity contribution is 9.08. The van der Waals surface area contributed by atoms with E-state index < -0.39 is 0 Å². The summed E-state index contributed by atoms with van der Waals surface area (Å²) in [5.41, 5.74) is 1.17. The summed E-state index contributed by atoms with van der Waals surface area (Å²) in [7, 11) is 0. The molecule has 0 aliphatic rings. The molecule has 0 aromatic carbocycles. The Bertz CT molecular complexity index is 386. The van der Waals surface area contributed by atoms with Gasteiger partial charge in [-0.25, -0.2) is 4.98 Å². The molecule has 0 amide bonds. The minimum atomic E-state index is 0.858. The molecule has 0 bridgehead atoms. The van der Waals surface area contributed by atoms with E-state index >= 15 is 0 Å². The first kappa shape index (κ1) is 9.93. The zero-order chi connectivity index (χ0) is 9.97. The van der Waals surface area contributed by atoms with Crippen molar-refractivity contribution >= 4 is 27.3 Å². The van der Waals surface area contributed by atoms with Gasteiger partial charge >= 0.3 is 0 Å². The molecule has 74 valence electrons. The number of alkyl halides is 1. The molecule has 2 heterocycles. The van der Waals surface area contributed by atoms with Crippen LogP contribution < -0.4 is 0 Å². The fraction of sp³-hybridized carbons (Fsp3) is 0.300. The minimum Gasteiger partial charge on any atom is -0.462 e. The van der Waals surface area contributed by atoms with Crippen molar-refractivity contribution < 1.29 is 4.42 Å². The van der Waals surface area contributed by atoms with Crippen molar-refractivity contribution in [2.24, 2.45) is 0 Å². The average Bonchev–Trinajstić information content (AvgIpc) is 2.85. The molecule has 0 saturated carbocycles. The topological polar surface area (TPSA) is 26.0 Å². The maximum absolute atomic E-state index is 5.31. The maximum Gasteiger partial charge on any atom is 0.162 e. The van der Waals surface area contributed by atoms with Gasteiger partial charge in [-0.2, -0.15) is 0 Å². The SMILES string of the molecule is CCc1nc(-c2ccco2)sc1CBr. The second-order valence-electron chi connectivity index (χ2n) is 2.85. The third kappa shape index (κ3) is 1.77. The Hall–Kier alpha value is -0.610. The summed E-state index contributed by atoms with van der Waals surface area (Å²) in [5.74, 6) is 0.858. The smallest absolute Gasteiger partial charge is 0.162 e. The molecular weight excluding hydrogens is 262 g/mol. The lowest BCUT2D eigenvalue weighted by molar-refractivity contribution is 0.581. The number of hydrogen-bond donors (Lipinski definition) is 0. The second-order valence-corrected chi connectivity index (χ2v) is 4.50. The number of aromatic nitrogens is 1. The van der Waals surface area contributed by atoms with Gasteiger partial charge in [-0.15, -0.1) is 11.3 Å². The first-order valence-electron chi connectivity index (χ1n) is 4.43. The van der Waals surface area contributed by atoms with E-state index in [4.69, 9.17) is 4.42 Å². The third-order valence-corrected chi connectivity index (χ3v) is 4.01. The van der Waals surface area contributed by atoms with Crippen LogP contribution in [0.2, 0.25) is 0 Å². The van der Waals surface area contributed by atoms with Crippen LogP contribution in [-0.4, -0.2) is 4.98 Å². The molecule has 14 heavy (non-hydrogen) atoms. The van der Waals surface area contributed by atoms with E-state index in [-0.39, 0.29) is 0 Å². The van der Waals surface area contributed by atoms with Gasteiger partial charge in [0, 0.05) is 10.2 Å². The van der Waals surface area contributed by atoms with Gasteiger partial charge in [-0.1, -0.05) is 22.9 Å². The van der Waals surface area contributed by atoms with Crippen molar-refractivity contribution in [3.63, 3.8) is 0 Å². The molecule has 0 fully saturated rings. The molecule has 0 aliphatic heterocycles. The van der Waals surface area contributed by atoms with E-state index in [9.17, 15) is 0 Å². The highest BCUT2D eigenvalue weighted by atomic mass is 79.9. The van der Waals surface area contributed by atoms with Gasteiger partial charge in [0.05, 0.1) is 12.0 Å². The highest BCUT2D eigenvalue weighted by Crippen LogP contribution is 2.29. The quantitative estimate of drug-likeness (QED) is 0.793. The number of rotatable bonds is 3. The largest absolute Gasteiger partial charge is 0.462 e. The molecule has 0 aliphatic carbocycles. The lowest BCUT2D eigenvalue weighted by Crippen LogP contribution is -1.84. The molecule has 0 unspecified atom stereocenters. The van der Waals surface area contributed by atoms with Gasteiger partial charge < -0.3 is 4.42 Å². The van der Waals surface area contributed by atoms with Gasteiger partial charge in [0.2, 0.25) is 0 Å². The number of thiazole rings is 1. The summed E-state index contributed by atoms with van der Waals surface area (Å²) in [4.78, 5) is 5.83. The molecule has 4 heteroatoms. The van der Waals surface area contributed by atoms with Gasteiger partial charge in [0.1, 0.15) is 0 Å². The van der Waals surface area contributed by atoms with Crippen LogP contribution in [0, 0.1) is 0 Å². The van der Waals surface area contributed by atoms with Crippen LogP contribution in [0.15, 0.2) is 22.8 Å². The molecule has 2 rings (SSSR count). The van der Waals surface area contributed by atoms with Crippen LogP contribution in [0.5, 0.6) is 0 Å². The Morgan fingerprint density at radius 2 is 2.43 bits per heavy atom. The Morgan fingerprint density at radius 3 is 2.93 bits per heavy atom. The summed E-state index contributed by atoms with van der Waals surface area (Å²) in [6, 6.07) is 3.83. The molecule has 2 nitrogen and oxygen atoms in total. The van der Waals surface area contributed by atoms with Gasteiger partial charge in [-0.3, -0.25) is 0 Å². The summed E-state index contributed by atoms with van der Waals surface area (Å²) < 4.78 is 5.31. The van der Waals surface area contributed by atoms with E-state index in [1.807, 2.05) is 12.1 Å². The number of hydrogen-bond acceptors (Lipinski definition) is 3. The van der Waals surface area contributed by atoms with E-state index in [2.05, 4.69) is 27.8 Å². The summed E-state index contributed by atoms with van der Waals surface area (Å²) in [6.45, 7) is 2.12. The van der Waals surface area contributed by atoms with Crippen molar-refractivity contribution in [2.45, 2.75) is 18.7 Å².